The molecule has 2 aromatic carbocycles. The van der Waals surface area contributed by atoms with E-state index in [1.165, 1.54) is 42.3 Å². The molecule has 0 aliphatic heterocycles. The molecule has 0 radical (unpaired) electrons. The van der Waals surface area contributed by atoms with E-state index in [0.717, 1.165) is 0 Å². The van der Waals surface area contributed by atoms with Gasteiger partial charge >= 0.3 is 17.6 Å². The van der Waals surface area contributed by atoms with Gasteiger partial charge < -0.3 is 32.5 Å². The molecule has 9 nitrogen and oxygen atoms in total. The van der Waals surface area contributed by atoms with Crippen LogP contribution < -0.4 is 21.0 Å². The van der Waals surface area contributed by atoms with Gasteiger partial charge in [-0.25, -0.2) is 0 Å². The van der Waals surface area contributed by atoms with Gasteiger partial charge in [0.1, 0.15) is 0 Å². The summed E-state index contributed by atoms with van der Waals surface area (Å²) in [5.41, 5.74) is 1.16. The lowest BCUT2D eigenvalue weighted by molar-refractivity contribution is -0.115. The minimum Gasteiger partial charge on any atom is -0.374 e. The van der Waals surface area contributed by atoms with Crippen LogP contribution in [0.15, 0.2) is 48.5 Å². The zero-order valence-corrected chi connectivity index (χ0v) is 20.5. The number of nitrogens with one attached hydrogen (secondary N) is 2. The van der Waals surface area contributed by atoms with Crippen molar-refractivity contribution in [2.45, 2.75) is 13.8 Å². The molecule has 168 valence electrons. The summed E-state index contributed by atoms with van der Waals surface area (Å²) in [6, 6.07) is 14.1. The number of amides is 2. The third kappa shape index (κ3) is 5.86. The summed E-state index contributed by atoms with van der Waals surface area (Å²) in [5.74, 6) is -0.403. The molecule has 0 atom stereocenters. The van der Waals surface area contributed by atoms with E-state index in [0.29, 0.717) is 21.7 Å². The van der Waals surface area contributed by atoms with Gasteiger partial charge in [0.25, 0.3) is 0 Å². The van der Waals surface area contributed by atoms with Gasteiger partial charge in [-0.05, 0) is 24.3 Å². The normalized spacial score (nSPS) is 11.8. The molecule has 11 heteroatoms. The first-order valence-electron chi connectivity index (χ1n) is 9.41. The third-order valence-electron chi connectivity index (χ3n) is 4.42. The molecular formula is C20H28N2O7Si2. The van der Waals surface area contributed by atoms with E-state index in [2.05, 4.69) is 10.6 Å². The number of benzene rings is 2. The number of anilines is 2. The van der Waals surface area contributed by atoms with Gasteiger partial charge in [0, 0.05) is 64.0 Å². The average Bonchev–Trinajstić information content (AvgIpc) is 2.75. The number of rotatable bonds is 10. The molecule has 0 bridgehead atoms. The van der Waals surface area contributed by atoms with Gasteiger partial charge in [-0.3, -0.25) is 9.59 Å². The van der Waals surface area contributed by atoms with Crippen molar-refractivity contribution in [1.82, 2.24) is 0 Å². The molecule has 0 heterocycles. The van der Waals surface area contributed by atoms with Crippen molar-refractivity contribution in [3.05, 3.63) is 48.5 Å². The highest BCUT2D eigenvalue weighted by molar-refractivity contribution is 6.88. The quantitative estimate of drug-likeness (QED) is 0.509. The van der Waals surface area contributed by atoms with Crippen molar-refractivity contribution in [3.8, 4) is 0 Å². The van der Waals surface area contributed by atoms with Gasteiger partial charge in [0.05, 0.1) is 0 Å². The Bertz CT molecular complexity index is 844. The maximum Gasteiger partial charge on any atom is 0.529 e. The van der Waals surface area contributed by atoms with Crippen molar-refractivity contribution >= 4 is 51.2 Å². The van der Waals surface area contributed by atoms with Crippen LogP contribution >= 0.6 is 0 Å². The van der Waals surface area contributed by atoms with E-state index < -0.39 is 17.6 Å². The van der Waals surface area contributed by atoms with E-state index in [-0.39, 0.29) is 11.8 Å². The highest BCUT2D eigenvalue weighted by atomic mass is 28.5. The van der Waals surface area contributed by atoms with E-state index in [1.54, 1.807) is 48.5 Å². The fraction of sp³-hybridized carbons (Fsp3) is 0.300. The van der Waals surface area contributed by atoms with E-state index >= 15 is 0 Å². The molecule has 0 spiro atoms. The van der Waals surface area contributed by atoms with Crippen molar-refractivity contribution < 1.29 is 31.4 Å². The van der Waals surface area contributed by atoms with Crippen LogP contribution in [0.25, 0.3) is 0 Å². The second-order valence-electron chi connectivity index (χ2n) is 6.55. The lowest BCUT2D eigenvalue weighted by atomic mass is 10.3. The lowest BCUT2D eigenvalue weighted by Gasteiger charge is -2.36. The summed E-state index contributed by atoms with van der Waals surface area (Å²) in [6.45, 7) is 2.85. The van der Waals surface area contributed by atoms with Crippen LogP contribution in [0.2, 0.25) is 0 Å². The van der Waals surface area contributed by atoms with E-state index in [1.807, 2.05) is 0 Å². The topological polar surface area (TPSA) is 104 Å². The monoisotopic (exact) mass is 464 g/mol. The molecule has 31 heavy (non-hydrogen) atoms. The number of carbonyl (C=O) groups excluding carboxylic acids is 2. The Morgan fingerprint density at radius 1 is 0.677 bits per heavy atom. The molecule has 0 unspecified atom stereocenters. The van der Waals surface area contributed by atoms with Crippen LogP contribution in [-0.2, 0) is 31.4 Å². The number of hydrogen-bond donors (Lipinski definition) is 2. The molecule has 0 saturated carbocycles. The van der Waals surface area contributed by atoms with Crippen LogP contribution in [0, 0.1) is 0 Å². The fourth-order valence-corrected chi connectivity index (χ4v) is 9.31. The van der Waals surface area contributed by atoms with Gasteiger partial charge in [0.2, 0.25) is 11.8 Å². The molecule has 2 amide bonds. The molecule has 2 rings (SSSR count). The summed E-state index contributed by atoms with van der Waals surface area (Å²) in [7, 11) is -1.14. The molecule has 0 aromatic heterocycles. The predicted molar refractivity (Wildman–Crippen MR) is 121 cm³/mol. The SMILES string of the molecule is CO[Si](OC)(O[Si](OC)(OC)c1cccc(NC(C)=O)c1)c1cccc(NC(C)=O)c1. The summed E-state index contributed by atoms with van der Waals surface area (Å²) < 4.78 is 29.7. The Balaban J connectivity index is 2.53. The second-order valence-corrected chi connectivity index (χ2v) is 12.4. The van der Waals surface area contributed by atoms with E-state index in [9.17, 15) is 9.59 Å². The minimum absolute atomic E-state index is 0.201. The zero-order valence-electron chi connectivity index (χ0n) is 18.5. The lowest BCUT2D eigenvalue weighted by Crippen LogP contribution is -2.68. The second kappa shape index (κ2) is 10.8. The standard InChI is InChI=1S/C20H28N2O7Si2/c1-15(23)21-17-9-7-11-19(13-17)30(25-3,26-4)29-31(27-5,28-6)20-12-8-10-18(14-20)22-16(2)24/h7-14H,1-6H3,(H,21,23)(H,22,24). The van der Waals surface area contributed by atoms with Crippen LogP contribution in [0.3, 0.4) is 0 Å². The van der Waals surface area contributed by atoms with Gasteiger partial charge in [-0.1, -0.05) is 24.3 Å². The van der Waals surface area contributed by atoms with Gasteiger partial charge in [-0.15, -0.1) is 0 Å². The Hall–Kier alpha value is -2.39. The zero-order chi connectivity index (χ0) is 23.1. The average molecular weight is 465 g/mol. The van der Waals surface area contributed by atoms with Gasteiger partial charge in [-0.2, -0.15) is 0 Å². The summed E-state index contributed by atoms with van der Waals surface area (Å²) in [5, 5.41) is 6.71. The third-order valence-corrected chi connectivity index (χ3v) is 10.8. The Morgan fingerprint density at radius 2 is 1.03 bits per heavy atom. The molecule has 2 aromatic rings. The van der Waals surface area contributed by atoms with Crippen molar-refractivity contribution in [3.63, 3.8) is 0 Å². The number of carbonyl (C=O) groups is 2. The van der Waals surface area contributed by atoms with Crippen LogP contribution in [0.4, 0.5) is 11.4 Å². The maximum absolute atomic E-state index is 11.5. The summed E-state index contributed by atoms with van der Waals surface area (Å²) >= 11 is 0. The van der Waals surface area contributed by atoms with Gasteiger partial charge in [0.15, 0.2) is 0 Å². The first-order chi connectivity index (χ1) is 14.7. The molecule has 0 fully saturated rings. The molecule has 0 aliphatic rings. The molecule has 2 N–H and O–H groups in total. The summed E-state index contributed by atoms with van der Waals surface area (Å²) in [6.07, 6.45) is 0. The molecular weight excluding hydrogens is 436 g/mol. The highest BCUT2D eigenvalue weighted by Crippen LogP contribution is 2.21. The fourth-order valence-electron chi connectivity index (χ4n) is 3.08. The van der Waals surface area contributed by atoms with Crippen molar-refractivity contribution in [1.29, 1.82) is 0 Å². The largest absolute Gasteiger partial charge is 0.529 e. The maximum atomic E-state index is 11.5. The number of hydrogen-bond acceptors (Lipinski definition) is 7. The van der Waals surface area contributed by atoms with Crippen molar-refractivity contribution in [2.75, 3.05) is 39.1 Å². The minimum atomic E-state index is -3.54. The first kappa shape index (κ1) is 24.9. The molecule has 0 aliphatic carbocycles. The smallest absolute Gasteiger partial charge is 0.374 e. The summed E-state index contributed by atoms with van der Waals surface area (Å²) in [4.78, 5) is 22.9. The van der Waals surface area contributed by atoms with E-state index in [4.69, 9.17) is 21.8 Å². The first-order valence-corrected chi connectivity index (χ1v) is 12.9. The Labute approximate surface area is 184 Å². The van der Waals surface area contributed by atoms with Crippen molar-refractivity contribution in [2.24, 2.45) is 0 Å². The Kier molecular flexibility index (Phi) is 8.64. The van der Waals surface area contributed by atoms with Crippen LogP contribution in [-0.4, -0.2) is 57.9 Å². The van der Waals surface area contributed by atoms with Crippen LogP contribution in [0.1, 0.15) is 13.8 Å². The van der Waals surface area contributed by atoms with Crippen LogP contribution in [0.5, 0.6) is 0 Å². The predicted octanol–water partition coefficient (Wildman–Crippen LogP) is 1.20. The Morgan fingerprint density at radius 3 is 1.32 bits per heavy atom. The highest BCUT2D eigenvalue weighted by Gasteiger charge is 2.55. The molecule has 0 saturated heterocycles.